The van der Waals surface area contributed by atoms with E-state index in [0.29, 0.717) is 5.92 Å². The van der Waals surface area contributed by atoms with Crippen LogP contribution in [0.15, 0.2) is 36.9 Å². The Morgan fingerprint density at radius 2 is 2.10 bits per heavy atom. The second-order valence-corrected chi connectivity index (χ2v) is 5.55. The molecule has 0 saturated carbocycles. The van der Waals surface area contributed by atoms with Crippen molar-refractivity contribution >= 4 is 0 Å². The van der Waals surface area contributed by atoms with Crippen LogP contribution in [0.2, 0.25) is 0 Å². The number of aryl methyl sites for hydroxylation is 2. The standard InChI is InChI=1S/C17H24N2O/c1-14(2)16-7-6-15(3)12-17(16)20-11-5-4-9-19-10-8-18-13-19/h6-8,10,12-14H,4-5,9,11H2,1-3H3. The van der Waals surface area contributed by atoms with Crippen molar-refractivity contribution in [2.75, 3.05) is 6.61 Å². The molecule has 2 rings (SSSR count). The van der Waals surface area contributed by atoms with Crippen molar-refractivity contribution in [2.24, 2.45) is 0 Å². The van der Waals surface area contributed by atoms with Crippen molar-refractivity contribution < 1.29 is 4.74 Å². The minimum atomic E-state index is 0.497. The zero-order chi connectivity index (χ0) is 14.4. The van der Waals surface area contributed by atoms with Crippen molar-refractivity contribution in [3.63, 3.8) is 0 Å². The summed E-state index contributed by atoms with van der Waals surface area (Å²) in [7, 11) is 0. The highest BCUT2D eigenvalue weighted by molar-refractivity contribution is 5.39. The van der Waals surface area contributed by atoms with Gasteiger partial charge in [-0.3, -0.25) is 0 Å². The lowest BCUT2D eigenvalue weighted by atomic mass is 10.0. The second-order valence-electron chi connectivity index (χ2n) is 5.55. The molecule has 0 fully saturated rings. The van der Waals surface area contributed by atoms with E-state index in [-0.39, 0.29) is 0 Å². The Kier molecular flexibility index (Phi) is 5.22. The molecule has 0 N–H and O–H groups in total. The minimum Gasteiger partial charge on any atom is -0.493 e. The molecule has 3 heteroatoms. The van der Waals surface area contributed by atoms with Gasteiger partial charge in [-0.2, -0.15) is 0 Å². The van der Waals surface area contributed by atoms with Gasteiger partial charge in [0.2, 0.25) is 0 Å². The molecule has 0 aliphatic carbocycles. The van der Waals surface area contributed by atoms with E-state index in [1.807, 2.05) is 18.7 Å². The normalized spacial score (nSPS) is 11.0. The van der Waals surface area contributed by atoms with Crippen LogP contribution in [0.25, 0.3) is 0 Å². The Bertz CT molecular complexity index is 518. The maximum Gasteiger partial charge on any atom is 0.122 e. The van der Waals surface area contributed by atoms with Gasteiger partial charge in [-0.1, -0.05) is 26.0 Å². The monoisotopic (exact) mass is 272 g/mol. The third-order valence-corrected chi connectivity index (χ3v) is 3.42. The summed E-state index contributed by atoms with van der Waals surface area (Å²) in [4.78, 5) is 4.04. The molecular weight excluding hydrogens is 248 g/mol. The summed E-state index contributed by atoms with van der Waals surface area (Å²) < 4.78 is 8.08. The van der Waals surface area contributed by atoms with Crippen molar-refractivity contribution in [3.8, 4) is 5.75 Å². The van der Waals surface area contributed by atoms with Crippen molar-refractivity contribution in [3.05, 3.63) is 48.0 Å². The van der Waals surface area contributed by atoms with E-state index < -0.39 is 0 Å². The van der Waals surface area contributed by atoms with Gasteiger partial charge in [0.15, 0.2) is 0 Å². The maximum absolute atomic E-state index is 5.97. The van der Waals surface area contributed by atoms with Crippen LogP contribution in [-0.4, -0.2) is 16.2 Å². The molecular formula is C17H24N2O. The van der Waals surface area contributed by atoms with Gasteiger partial charge in [-0.25, -0.2) is 4.98 Å². The van der Waals surface area contributed by atoms with Crippen LogP contribution in [0, 0.1) is 6.92 Å². The molecule has 0 saturated heterocycles. The first-order valence-electron chi connectivity index (χ1n) is 7.36. The molecule has 20 heavy (non-hydrogen) atoms. The molecule has 1 aromatic carbocycles. The number of ether oxygens (including phenoxy) is 1. The van der Waals surface area contributed by atoms with Crippen molar-refractivity contribution in [1.29, 1.82) is 0 Å². The summed E-state index contributed by atoms with van der Waals surface area (Å²) in [5.41, 5.74) is 2.55. The number of unbranched alkanes of at least 4 members (excludes halogenated alkanes) is 1. The topological polar surface area (TPSA) is 27.1 Å². The minimum absolute atomic E-state index is 0.497. The second kappa shape index (κ2) is 7.13. The predicted octanol–water partition coefficient (Wildman–Crippen LogP) is 4.17. The molecule has 1 heterocycles. The third-order valence-electron chi connectivity index (χ3n) is 3.42. The SMILES string of the molecule is Cc1ccc(C(C)C)c(OCCCCn2ccnc2)c1. The van der Waals surface area contributed by atoms with Crippen molar-refractivity contribution in [1.82, 2.24) is 9.55 Å². The van der Waals surface area contributed by atoms with E-state index in [2.05, 4.69) is 48.5 Å². The molecule has 2 aromatic rings. The molecule has 0 spiro atoms. The smallest absolute Gasteiger partial charge is 0.122 e. The molecule has 0 aliphatic heterocycles. The van der Waals surface area contributed by atoms with E-state index in [1.54, 1.807) is 0 Å². The van der Waals surface area contributed by atoms with Crippen LogP contribution >= 0.6 is 0 Å². The molecule has 1 aromatic heterocycles. The predicted molar refractivity (Wildman–Crippen MR) is 82.2 cm³/mol. The van der Waals surface area contributed by atoms with Crippen LogP contribution in [0.4, 0.5) is 0 Å². The number of benzene rings is 1. The fourth-order valence-corrected chi connectivity index (χ4v) is 2.24. The first kappa shape index (κ1) is 14.6. The fourth-order valence-electron chi connectivity index (χ4n) is 2.24. The maximum atomic E-state index is 5.97. The first-order chi connectivity index (χ1) is 9.66. The van der Waals surface area contributed by atoms with Crippen molar-refractivity contribution in [2.45, 2.75) is 46.1 Å². The van der Waals surface area contributed by atoms with Gasteiger partial charge in [0.05, 0.1) is 12.9 Å². The van der Waals surface area contributed by atoms with E-state index >= 15 is 0 Å². The fraction of sp³-hybridized carbons (Fsp3) is 0.471. The average molecular weight is 272 g/mol. The van der Waals surface area contributed by atoms with Gasteiger partial charge in [0, 0.05) is 18.9 Å². The summed E-state index contributed by atoms with van der Waals surface area (Å²) >= 11 is 0. The summed E-state index contributed by atoms with van der Waals surface area (Å²) in [5.74, 6) is 1.54. The Hall–Kier alpha value is -1.77. The van der Waals surface area contributed by atoms with E-state index in [0.717, 1.165) is 31.7 Å². The Morgan fingerprint density at radius 1 is 1.25 bits per heavy atom. The van der Waals surface area contributed by atoms with Crippen LogP contribution in [0.3, 0.4) is 0 Å². The molecule has 0 aliphatic rings. The van der Waals surface area contributed by atoms with Gasteiger partial charge < -0.3 is 9.30 Å². The number of nitrogens with zero attached hydrogens (tertiary/aromatic N) is 2. The van der Waals surface area contributed by atoms with Gasteiger partial charge in [-0.05, 0) is 42.9 Å². The Balaban J connectivity index is 1.80. The molecule has 3 nitrogen and oxygen atoms in total. The first-order valence-corrected chi connectivity index (χ1v) is 7.36. The highest BCUT2D eigenvalue weighted by Gasteiger charge is 2.07. The number of rotatable bonds is 7. The van der Waals surface area contributed by atoms with Gasteiger partial charge in [0.25, 0.3) is 0 Å². The van der Waals surface area contributed by atoms with Crippen LogP contribution in [-0.2, 0) is 6.54 Å². The van der Waals surface area contributed by atoms with Crippen LogP contribution in [0.1, 0.15) is 43.7 Å². The number of hydrogen-bond donors (Lipinski definition) is 0. The molecule has 0 unspecified atom stereocenters. The number of aromatic nitrogens is 2. The van der Waals surface area contributed by atoms with E-state index in [4.69, 9.17) is 4.74 Å². The zero-order valence-electron chi connectivity index (χ0n) is 12.7. The number of imidazole rings is 1. The number of hydrogen-bond acceptors (Lipinski definition) is 2. The quantitative estimate of drug-likeness (QED) is 0.707. The van der Waals surface area contributed by atoms with Gasteiger partial charge in [-0.15, -0.1) is 0 Å². The highest BCUT2D eigenvalue weighted by Crippen LogP contribution is 2.27. The van der Waals surface area contributed by atoms with Gasteiger partial charge >= 0.3 is 0 Å². The third kappa shape index (κ3) is 4.12. The zero-order valence-corrected chi connectivity index (χ0v) is 12.7. The molecule has 108 valence electrons. The lowest BCUT2D eigenvalue weighted by Crippen LogP contribution is -2.03. The Morgan fingerprint density at radius 3 is 2.80 bits per heavy atom. The lowest BCUT2D eigenvalue weighted by molar-refractivity contribution is 0.299. The summed E-state index contributed by atoms with van der Waals surface area (Å²) in [6.45, 7) is 8.30. The Labute approximate surface area is 121 Å². The summed E-state index contributed by atoms with van der Waals surface area (Å²) in [6, 6.07) is 6.48. The highest BCUT2D eigenvalue weighted by atomic mass is 16.5. The summed E-state index contributed by atoms with van der Waals surface area (Å²) in [6.07, 6.45) is 7.84. The van der Waals surface area contributed by atoms with E-state index in [1.165, 1.54) is 11.1 Å². The molecule has 0 bridgehead atoms. The van der Waals surface area contributed by atoms with Crippen LogP contribution in [0.5, 0.6) is 5.75 Å². The van der Waals surface area contributed by atoms with Crippen LogP contribution < -0.4 is 4.74 Å². The summed E-state index contributed by atoms with van der Waals surface area (Å²) in [5, 5.41) is 0. The average Bonchev–Trinajstić information content (AvgIpc) is 2.91. The van der Waals surface area contributed by atoms with Gasteiger partial charge in [0.1, 0.15) is 5.75 Å². The molecule has 0 amide bonds. The molecule has 0 radical (unpaired) electrons. The van der Waals surface area contributed by atoms with E-state index in [9.17, 15) is 0 Å². The largest absolute Gasteiger partial charge is 0.493 e. The lowest BCUT2D eigenvalue weighted by Gasteiger charge is -2.15. The molecule has 0 atom stereocenters.